The highest BCUT2D eigenvalue weighted by Crippen LogP contribution is 2.05. The number of carbonyl (C=O) groups excluding carboxylic acids is 1. The van der Waals surface area contributed by atoms with Crippen molar-refractivity contribution in [2.75, 3.05) is 13.1 Å². The molecule has 88 valence electrons. The zero-order chi connectivity index (χ0) is 11.3. The first-order valence-electron chi connectivity index (χ1n) is 5.17. The summed E-state index contributed by atoms with van der Waals surface area (Å²) in [5.41, 5.74) is 0. The summed E-state index contributed by atoms with van der Waals surface area (Å²) < 4.78 is 0. The molecule has 0 bridgehead atoms. The van der Waals surface area contributed by atoms with Gasteiger partial charge >= 0.3 is 8.80 Å². The fraction of sp³-hybridized carbons (Fsp3) is 0.875. The number of rotatable bonds is 5. The van der Waals surface area contributed by atoms with Crippen molar-refractivity contribution in [2.45, 2.75) is 31.3 Å². The molecule has 0 aromatic heterocycles. The first-order chi connectivity index (χ1) is 6.99. The molecule has 15 heavy (non-hydrogen) atoms. The van der Waals surface area contributed by atoms with Crippen LogP contribution in [0.15, 0.2) is 0 Å². The Labute approximate surface area is 89.7 Å². The summed E-state index contributed by atoms with van der Waals surface area (Å²) in [4.78, 5) is 37.6. The van der Waals surface area contributed by atoms with Crippen LogP contribution < -0.4 is 10.6 Å². The van der Waals surface area contributed by atoms with Crippen LogP contribution in [-0.4, -0.2) is 48.2 Å². The zero-order valence-corrected chi connectivity index (χ0v) is 9.57. The highest BCUT2D eigenvalue weighted by molar-refractivity contribution is 6.56. The molecule has 6 nitrogen and oxygen atoms in total. The molecular weight excluding hydrogens is 216 g/mol. The minimum Gasteiger partial charge on any atom is -0.390 e. The molecule has 1 saturated heterocycles. The largest absolute Gasteiger partial charge is 0.492 e. The predicted octanol–water partition coefficient (Wildman–Crippen LogP) is -1.84. The quantitative estimate of drug-likeness (QED) is 0.284. The Morgan fingerprint density at radius 1 is 1.47 bits per heavy atom. The van der Waals surface area contributed by atoms with E-state index in [1.807, 2.05) is 0 Å². The number of carbonyl (C=O) groups is 1. The van der Waals surface area contributed by atoms with Gasteiger partial charge in [-0.1, -0.05) is 0 Å². The second-order valence-electron chi connectivity index (χ2n) is 3.82. The molecule has 0 aromatic carbocycles. The Morgan fingerprint density at radius 2 is 2.20 bits per heavy atom. The summed E-state index contributed by atoms with van der Waals surface area (Å²) in [6.07, 6.45) is 2.25. The van der Waals surface area contributed by atoms with Crippen molar-refractivity contribution in [2.24, 2.45) is 0 Å². The smallest absolute Gasteiger partial charge is 0.390 e. The highest BCUT2D eigenvalue weighted by Gasteiger charge is 2.26. The lowest BCUT2D eigenvalue weighted by Gasteiger charge is -2.12. The van der Waals surface area contributed by atoms with E-state index in [1.165, 1.54) is 0 Å². The van der Waals surface area contributed by atoms with Gasteiger partial charge < -0.3 is 25.0 Å². The number of hydrogen-bond acceptors (Lipinski definition) is 5. The lowest BCUT2D eigenvalue weighted by atomic mass is 10.2. The van der Waals surface area contributed by atoms with Crippen molar-refractivity contribution in [3.05, 3.63) is 0 Å². The van der Waals surface area contributed by atoms with Gasteiger partial charge in [0.25, 0.3) is 0 Å². The molecule has 0 aliphatic carbocycles. The Morgan fingerprint density at radius 3 is 2.73 bits per heavy atom. The van der Waals surface area contributed by atoms with Crippen molar-refractivity contribution < 1.29 is 19.2 Å². The molecule has 1 fully saturated rings. The van der Waals surface area contributed by atoms with E-state index in [1.54, 1.807) is 0 Å². The van der Waals surface area contributed by atoms with Crippen molar-refractivity contribution >= 4 is 14.7 Å². The van der Waals surface area contributed by atoms with Crippen molar-refractivity contribution in [3.8, 4) is 0 Å². The topological polar surface area (TPSA) is 102 Å². The Balaban J connectivity index is 2.07. The summed E-state index contributed by atoms with van der Waals surface area (Å²) in [5.74, 6) is -0.0476. The third-order valence-corrected chi connectivity index (χ3v) is 3.39. The molecule has 1 amide bonds. The molecule has 1 atom stereocenters. The minimum atomic E-state index is -3.93. The fourth-order valence-corrected chi connectivity index (χ4v) is 2.22. The first-order valence-corrected chi connectivity index (χ1v) is 7.22. The number of amides is 1. The van der Waals surface area contributed by atoms with E-state index >= 15 is 0 Å². The monoisotopic (exact) mass is 234 g/mol. The molecule has 1 unspecified atom stereocenters. The van der Waals surface area contributed by atoms with Crippen molar-refractivity contribution in [1.82, 2.24) is 10.6 Å². The van der Waals surface area contributed by atoms with Gasteiger partial charge in [0.1, 0.15) is 0 Å². The van der Waals surface area contributed by atoms with Crippen LogP contribution in [0.25, 0.3) is 0 Å². The maximum atomic E-state index is 11.4. The summed E-state index contributed by atoms with van der Waals surface area (Å²) >= 11 is 0. The van der Waals surface area contributed by atoms with Crippen LogP contribution in [0.4, 0.5) is 0 Å². The molecule has 5 N–H and O–H groups in total. The zero-order valence-electron chi connectivity index (χ0n) is 8.57. The lowest BCUT2D eigenvalue weighted by Crippen LogP contribution is -2.41. The lowest BCUT2D eigenvalue weighted by molar-refractivity contribution is -0.122. The van der Waals surface area contributed by atoms with E-state index in [4.69, 9.17) is 14.4 Å². The van der Waals surface area contributed by atoms with Gasteiger partial charge in [-0.15, -0.1) is 0 Å². The third-order valence-electron chi connectivity index (χ3n) is 2.36. The van der Waals surface area contributed by atoms with Gasteiger partial charge in [0.15, 0.2) is 0 Å². The highest BCUT2D eigenvalue weighted by atomic mass is 28.4. The maximum absolute atomic E-state index is 11.4. The molecule has 1 heterocycles. The van der Waals surface area contributed by atoms with Gasteiger partial charge in [-0.25, -0.2) is 0 Å². The van der Waals surface area contributed by atoms with E-state index in [-0.39, 0.29) is 18.0 Å². The standard InChI is InChI=1S/C8H18N2O4Si/c11-8(7-3-1-4-9-7)10-5-2-6-15(12,13)14/h7,9,12-14H,1-6H2,(H,10,11). The number of nitrogens with one attached hydrogen (secondary N) is 2. The molecule has 1 rings (SSSR count). The Bertz CT molecular complexity index is 213. The molecule has 1 aliphatic heterocycles. The van der Waals surface area contributed by atoms with Crippen LogP contribution in [0.1, 0.15) is 19.3 Å². The number of hydrogen-bond donors (Lipinski definition) is 5. The normalized spacial score (nSPS) is 21.7. The average molecular weight is 234 g/mol. The van der Waals surface area contributed by atoms with Crippen LogP contribution in [0, 0.1) is 0 Å². The molecule has 0 aromatic rings. The third kappa shape index (κ3) is 5.24. The minimum absolute atomic E-state index is 0.0363. The summed E-state index contributed by atoms with van der Waals surface area (Å²) in [6, 6.07) is -0.143. The van der Waals surface area contributed by atoms with Crippen LogP contribution in [0.5, 0.6) is 0 Å². The van der Waals surface area contributed by atoms with Crippen LogP contribution in [0.3, 0.4) is 0 Å². The molecular formula is C8H18N2O4Si. The second kappa shape index (κ2) is 5.57. The van der Waals surface area contributed by atoms with Crippen LogP contribution >= 0.6 is 0 Å². The molecule has 1 aliphatic rings. The molecule has 0 spiro atoms. The van der Waals surface area contributed by atoms with Gasteiger partial charge in [-0.05, 0) is 25.8 Å². The van der Waals surface area contributed by atoms with Crippen LogP contribution in [0.2, 0.25) is 6.04 Å². The van der Waals surface area contributed by atoms with E-state index in [9.17, 15) is 4.79 Å². The summed E-state index contributed by atoms with van der Waals surface area (Å²) in [7, 11) is -3.93. The molecule has 0 radical (unpaired) electrons. The SMILES string of the molecule is O=C(NCCC[Si](O)(O)O)C1CCCN1. The predicted molar refractivity (Wildman–Crippen MR) is 55.9 cm³/mol. The van der Waals surface area contributed by atoms with E-state index in [2.05, 4.69) is 10.6 Å². The van der Waals surface area contributed by atoms with Crippen LogP contribution in [-0.2, 0) is 4.79 Å². The fourth-order valence-electron chi connectivity index (χ4n) is 1.57. The summed E-state index contributed by atoms with van der Waals surface area (Å²) in [6.45, 7) is 1.24. The molecule has 7 heteroatoms. The summed E-state index contributed by atoms with van der Waals surface area (Å²) in [5, 5.41) is 5.75. The first kappa shape index (κ1) is 12.6. The van der Waals surface area contributed by atoms with Gasteiger partial charge in [-0.3, -0.25) is 4.79 Å². The van der Waals surface area contributed by atoms with Gasteiger partial charge in [0.2, 0.25) is 5.91 Å². The van der Waals surface area contributed by atoms with E-state index in [0.717, 1.165) is 19.4 Å². The molecule has 0 saturated carbocycles. The van der Waals surface area contributed by atoms with Crippen molar-refractivity contribution in [1.29, 1.82) is 0 Å². The second-order valence-corrected chi connectivity index (χ2v) is 5.87. The Kier molecular flexibility index (Phi) is 4.67. The maximum Gasteiger partial charge on any atom is 0.492 e. The van der Waals surface area contributed by atoms with Gasteiger partial charge in [-0.2, -0.15) is 0 Å². The van der Waals surface area contributed by atoms with E-state index < -0.39 is 8.80 Å². The van der Waals surface area contributed by atoms with Gasteiger partial charge in [0.05, 0.1) is 6.04 Å². The average Bonchev–Trinajstić information content (AvgIpc) is 2.63. The van der Waals surface area contributed by atoms with Crippen molar-refractivity contribution in [3.63, 3.8) is 0 Å². The Hall–Kier alpha value is -0.473. The van der Waals surface area contributed by atoms with Gasteiger partial charge in [0, 0.05) is 12.6 Å². The van der Waals surface area contributed by atoms with E-state index in [0.29, 0.717) is 13.0 Å².